The number of benzene rings is 1. The monoisotopic (exact) mass is 392 g/mol. The number of carbonyl (C=O) groups is 1. The van der Waals surface area contributed by atoms with Crippen LogP contribution >= 0.6 is 0 Å². The number of amides is 1. The molecular weight excluding hydrogens is 364 g/mol. The molecule has 2 N–H and O–H groups in total. The number of para-hydroxylation sites is 1. The summed E-state index contributed by atoms with van der Waals surface area (Å²) in [5.74, 6) is 2.20. The van der Waals surface area contributed by atoms with Gasteiger partial charge in [-0.05, 0) is 31.4 Å². The highest BCUT2D eigenvalue weighted by Crippen LogP contribution is 2.27. The molecule has 1 saturated carbocycles. The second-order valence-electron chi connectivity index (χ2n) is 7.71. The van der Waals surface area contributed by atoms with Crippen LogP contribution in [0.25, 0.3) is 16.7 Å². The zero-order valence-electron chi connectivity index (χ0n) is 17.1. The number of nitrogens with zero attached hydrogens (tertiary/aromatic N) is 4. The molecule has 4 rings (SSSR count). The van der Waals surface area contributed by atoms with Crippen LogP contribution in [-0.4, -0.2) is 38.7 Å². The number of carbonyl (C=O) groups excluding carboxylic acids is 1. The van der Waals surface area contributed by atoms with E-state index in [1.807, 2.05) is 35.0 Å². The van der Waals surface area contributed by atoms with Crippen molar-refractivity contribution in [2.24, 2.45) is 5.92 Å². The second-order valence-corrected chi connectivity index (χ2v) is 7.71. The maximum absolute atomic E-state index is 12.0. The van der Waals surface area contributed by atoms with E-state index in [4.69, 9.17) is 9.97 Å². The third-order valence-electron chi connectivity index (χ3n) is 5.69. The zero-order chi connectivity index (χ0) is 20.2. The smallest absolute Gasteiger partial charge is 0.223 e. The lowest BCUT2D eigenvalue weighted by Gasteiger charge is -2.24. The minimum absolute atomic E-state index is 0.170. The Morgan fingerprint density at radius 3 is 2.69 bits per heavy atom. The predicted octanol–water partition coefficient (Wildman–Crippen LogP) is 3.66. The molecule has 7 nitrogen and oxygen atoms in total. The molecule has 7 heteroatoms. The Hall–Kier alpha value is -2.96. The van der Waals surface area contributed by atoms with Gasteiger partial charge >= 0.3 is 0 Å². The summed E-state index contributed by atoms with van der Waals surface area (Å²) in [6.45, 7) is 5.45. The highest BCUT2D eigenvalue weighted by molar-refractivity contribution is 5.87. The van der Waals surface area contributed by atoms with Gasteiger partial charge in [0.15, 0.2) is 5.65 Å². The highest BCUT2D eigenvalue weighted by atomic mass is 16.1. The summed E-state index contributed by atoms with van der Waals surface area (Å²) in [5, 5.41) is 11.8. The van der Waals surface area contributed by atoms with E-state index in [1.165, 1.54) is 6.42 Å². The second kappa shape index (κ2) is 8.59. The van der Waals surface area contributed by atoms with E-state index in [0.29, 0.717) is 13.1 Å². The van der Waals surface area contributed by atoms with Gasteiger partial charge in [0.25, 0.3) is 0 Å². The first-order chi connectivity index (χ1) is 14.2. The number of nitrogens with one attached hydrogen (secondary N) is 2. The largest absolute Gasteiger partial charge is 0.368 e. The highest BCUT2D eigenvalue weighted by Gasteiger charge is 2.24. The van der Waals surface area contributed by atoms with Gasteiger partial charge < -0.3 is 10.6 Å². The molecule has 1 aliphatic rings. The van der Waals surface area contributed by atoms with Crippen LogP contribution in [0.15, 0.2) is 36.5 Å². The molecule has 1 aliphatic carbocycles. The molecule has 29 heavy (non-hydrogen) atoms. The van der Waals surface area contributed by atoms with Crippen molar-refractivity contribution in [1.29, 1.82) is 0 Å². The van der Waals surface area contributed by atoms with Crippen LogP contribution < -0.4 is 10.6 Å². The maximum atomic E-state index is 12.0. The molecule has 1 unspecified atom stereocenters. The van der Waals surface area contributed by atoms with Crippen molar-refractivity contribution in [3.05, 3.63) is 42.4 Å². The van der Waals surface area contributed by atoms with E-state index in [2.05, 4.69) is 29.6 Å². The first-order valence-corrected chi connectivity index (χ1v) is 10.5. The topological polar surface area (TPSA) is 84.7 Å². The predicted molar refractivity (Wildman–Crippen MR) is 114 cm³/mol. The Morgan fingerprint density at radius 2 is 2.00 bits per heavy atom. The molecule has 1 fully saturated rings. The Morgan fingerprint density at radius 1 is 1.21 bits per heavy atom. The van der Waals surface area contributed by atoms with Crippen LogP contribution in [0.1, 0.15) is 51.3 Å². The quantitative estimate of drug-likeness (QED) is 0.572. The molecule has 3 aromatic rings. The molecule has 2 heterocycles. The molecular formula is C22H28N6O. The lowest BCUT2D eigenvalue weighted by atomic mass is 9.85. The van der Waals surface area contributed by atoms with Gasteiger partial charge in [-0.3, -0.25) is 4.79 Å². The van der Waals surface area contributed by atoms with Gasteiger partial charge in [-0.1, -0.05) is 38.5 Å². The number of fused-ring (bicyclic) bond motifs is 1. The van der Waals surface area contributed by atoms with E-state index >= 15 is 0 Å². The Balaban J connectivity index is 1.56. The van der Waals surface area contributed by atoms with Gasteiger partial charge in [-0.25, -0.2) is 14.6 Å². The standard InChI is InChI=1S/C22H28N6O/c1-3-15(2)19-26-20(23-12-13-24-22(29)16-8-7-9-16)18-14-25-28(21(18)27-19)17-10-5-4-6-11-17/h4-6,10-11,14-16H,3,7-9,12-13H2,1-2H3,(H,24,29)(H,23,26,27). The van der Waals surface area contributed by atoms with E-state index in [0.717, 1.165) is 47.6 Å². The van der Waals surface area contributed by atoms with Crippen molar-refractivity contribution in [1.82, 2.24) is 25.1 Å². The van der Waals surface area contributed by atoms with Crippen LogP contribution in [0, 0.1) is 5.92 Å². The van der Waals surface area contributed by atoms with Gasteiger partial charge in [-0.15, -0.1) is 0 Å². The summed E-state index contributed by atoms with van der Waals surface area (Å²) in [7, 11) is 0. The minimum atomic E-state index is 0.170. The number of anilines is 1. The van der Waals surface area contributed by atoms with Crippen molar-refractivity contribution in [2.45, 2.75) is 45.4 Å². The molecule has 152 valence electrons. The lowest BCUT2D eigenvalue weighted by Crippen LogP contribution is -2.37. The number of hydrogen-bond donors (Lipinski definition) is 2. The van der Waals surface area contributed by atoms with E-state index < -0.39 is 0 Å². The van der Waals surface area contributed by atoms with E-state index in [1.54, 1.807) is 6.20 Å². The molecule has 0 saturated heterocycles. The average molecular weight is 393 g/mol. The third-order valence-corrected chi connectivity index (χ3v) is 5.69. The summed E-state index contributed by atoms with van der Waals surface area (Å²) >= 11 is 0. The van der Waals surface area contributed by atoms with Crippen LogP contribution in [0.5, 0.6) is 0 Å². The summed E-state index contributed by atoms with van der Waals surface area (Å²) in [4.78, 5) is 21.6. The lowest BCUT2D eigenvalue weighted by molar-refractivity contribution is -0.127. The van der Waals surface area contributed by atoms with Crippen molar-refractivity contribution in [3.63, 3.8) is 0 Å². The first-order valence-electron chi connectivity index (χ1n) is 10.5. The normalized spacial score (nSPS) is 15.1. The molecule has 0 bridgehead atoms. The van der Waals surface area contributed by atoms with Crippen molar-refractivity contribution >= 4 is 22.8 Å². The fourth-order valence-corrected chi connectivity index (χ4v) is 3.40. The summed E-state index contributed by atoms with van der Waals surface area (Å²) in [6, 6.07) is 9.99. The molecule has 2 aromatic heterocycles. The SMILES string of the molecule is CCC(C)c1nc(NCCNC(=O)C2CCC2)c2cnn(-c3ccccc3)c2n1. The first kappa shape index (κ1) is 19.4. The third kappa shape index (κ3) is 4.09. The number of aromatic nitrogens is 4. The van der Waals surface area contributed by atoms with Crippen LogP contribution in [0.3, 0.4) is 0 Å². The molecule has 1 aromatic carbocycles. The average Bonchev–Trinajstić information content (AvgIpc) is 3.14. The van der Waals surface area contributed by atoms with Gasteiger partial charge in [0.2, 0.25) is 5.91 Å². The fourth-order valence-electron chi connectivity index (χ4n) is 3.40. The summed E-state index contributed by atoms with van der Waals surface area (Å²) in [5.41, 5.74) is 1.76. The van der Waals surface area contributed by atoms with Gasteiger partial charge in [-0.2, -0.15) is 5.10 Å². The molecule has 1 atom stereocenters. The van der Waals surface area contributed by atoms with Crippen LogP contribution in [-0.2, 0) is 4.79 Å². The van der Waals surface area contributed by atoms with Crippen molar-refractivity contribution < 1.29 is 4.79 Å². The van der Waals surface area contributed by atoms with Crippen molar-refractivity contribution in [3.8, 4) is 5.69 Å². The van der Waals surface area contributed by atoms with Gasteiger partial charge in [0.05, 0.1) is 17.3 Å². The number of hydrogen-bond acceptors (Lipinski definition) is 5. The molecule has 0 aliphatic heterocycles. The summed E-state index contributed by atoms with van der Waals surface area (Å²) < 4.78 is 1.85. The Bertz CT molecular complexity index is 980. The molecule has 1 amide bonds. The minimum Gasteiger partial charge on any atom is -0.368 e. The maximum Gasteiger partial charge on any atom is 0.223 e. The van der Waals surface area contributed by atoms with Gasteiger partial charge in [0.1, 0.15) is 11.6 Å². The van der Waals surface area contributed by atoms with E-state index in [-0.39, 0.29) is 17.7 Å². The fraction of sp³-hybridized carbons (Fsp3) is 0.455. The molecule has 0 spiro atoms. The summed E-state index contributed by atoms with van der Waals surface area (Å²) in [6.07, 6.45) is 5.96. The van der Waals surface area contributed by atoms with Crippen LogP contribution in [0.4, 0.5) is 5.82 Å². The number of rotatable bonds is 8. The van der Waals surface area contributed by atoms with Crippen LogP contribution in [0.2, 0.25) is 0 Å². The van der Waals surface area contributed by atoms with Gasteiger partial charge in [0, 0.05) is 24.9 Å². The van der Waals surface area contributed by atoms with Crippen molar-refractivity contribution in [2.75, 3.05) is 18.4 Å². The zero-order valence-corrected chi connectivity index (χ0v) is 17.1. The van der Waals surface area contributed by atoms with E-state index in [9.17, 15) is 4.79 Å². The Kier molecular flexibility index (Phi) is 5.74. The Labute approximate surface area is 170 Å². The molecule has 0 radical (unpaired) electrons.